The molecule has 0 amide bonds. The molecule has 3 rings (SSSR count). The molecule has 1 N–H and O–H groups in total. The number of piperidine rings is 1. The predicted molar refractivity (Wildman–Crippen MR) is 78.9 cm³/mol. The van der Waals surface area contributed by atoms with E-state index < -0.39 is 0 Å². The van der Waals surface area contributed by atoms with Crippen molar-refractivity contribution in [2.75, 3.05) is 25.1 Å². The van der Waals surface area contributed by atoms with Gasteiger partial charge in [-0.25, -0.2) is 9.97 Å². The van der Waals surface area contributed by atoms with Gasteiger partial charge in [0.15, 0.2) is 0 Å². The van der Waals surface area contributed by atoms with Gasteiger partial charge in [0.25, 0.3) is 0 Å². The first-order valence-electron chi connectivity index (χ1n) is 7.60. The van der Waals surface area contributed by atoms with Gasteiger partial charge in [0.05, 0.1) is 6.10 Å². The van der Waals surface area contributed by atoms with E-state index in [0.717, 1.165) is 50.2 Å². The van der Waals surface area contributed by atoms with E-state index in [-0.39, 0.29) is 0 Å². The van der Waals surface area contributed by atoms with Crippen molar-refractivity contribution in [1.29, 1.82) is 0 Å². The molecule has 1 saturated carbocycles. The zero-order valence-corrected chi connectivity index (χ0v) is 12.4. The number of rotatable bonds is 5. The third-order valence-corrected chi connectivity index (χ3v) is 4.28. The monoisotopic (exact) mass is 276 g/mol. The maximum atomic E-state index is 5.40. The van der Waals surface area contributed by atoms with Gasteiger partial charge in [-0.05, 0) is 32.6 Å². The highest BCUT2D eigenvalue weighted by Gasteiger charge is 2.22. The second-order valence-electron chi connectivity index (χ2n) is 5.86. The number of ether oxygens (including phenoxy) is 1. The summed E-state index contributed by atoms with van der Waals surface area (Å²) in [5.41, 5.74) is 2.31. The highest BCUT2D eigenvalue weighted by Crippen LogP contribution is 2.21. The first kappa shape index (κ1) is 13.8. The molecular weight excluding hydrogens is 252 g/mol. The minimum atomic E-state index is 0.398. The zero-order valence-electron chi connectivity index (χ0n) is 12.4. The standard InChI is InChI=1S/C15H24N4O/c1-11-12(9-16-13-3-4-13)10-17-15(18-11)19-7-5-14(20-2)6-8-19/h10,13-14,16H,3-9H2,1-2H3. The fourth-order valence-electron chi connectivity index (χ4n) is 2.64. The smallest absolute Gasteiger partial charge is 0.225 e. The summed E-state index contributed by atoms with van der Waals surface area (Å²) in [4.78, 5) is 11.5. The second-order valence-corrected chi connectivity index (χ2v) is 5.86. The summed E-state index contributed by atoms with van der Waals surface area (Å²) in [5, 5.41) is 3.52. The van der Waals surface area contributed by atoms with Crippen LogP contribution in [-0.4, -0.2) is 42.3 Å². The summed E-state index contributed by atoms with van der Waals surface area (Å²) in [6.45, 7) is 4.94. The molecular formula is C15H24N4O. The van der Waals surface area contributed by atoms with Gasteiger partial charge < -0.3 is 15.0 Å². The molecule has 5 heteroatoms. The Balaban J connectivity index is 1.60. The van der Waals surface area contributed by atoms with Gasteiger partial charge in [-0.3, -0.25) is 0 Å². The van der Waals surface area contributed by atoms with Crippen LogP contribution in [0, 0.1) is 6.92 Å². The van der Waals surface area contributed by atoms with Crippen LogP contribution < -0.4 is 10.2 Å². The molecule has 110 valence electrons. The fourth-order valence-corrected chi connectivity index (χ4v) is 2.64. The minimum absolute atomic E-state index is 0.398. The molecule has 5 nitrogen and oxygen atoms in total. The molecule has 0 radical (unpaired) electrons. The van der Waals surface area contributed by atoms with E-state index >= 15 is 0 Å². The maximum absolute atomic E-state index is 5.40. The molecule has 1 saturated heterocycles. The third-order valence-electron chi connectivity index (χ3n) is 4.28. The lowest BCUT2D eigenvalue weighted by atomic mass is 10.1. The Bertz CT molecular complexity index is 453. The summed E-state index contributed by atoms with van der Waals surface area (Å²) in [6, 6.07) is 0.724. The number of methoxy groups -OCH3 is 1. The number of nitrogens with one attached hydrogen (secondary N) is 1. The predicted octanol–water partition coefficient (Wildman–Crippen LogP) is 1.65. The average Bonchev–Trinajstić information content (AvgIpc) is 3.30. The van der Waals surface area contributed by atoms with Gasteiger partial charge in [-0.2, -0.15) is 0 Å². The number of aromatic nitrogens is 2. The second kappa shape index (κ2) is 6.06. The van der Waals surface area contributed by atoms with E-state index in [1.807, 2.05) is 6.20 Å². The summed E-state index contributed by atoms with van der Waals surface area (Å²) >= 11 is 0. The van der Waals surface area contributed by atoms with Gasteiger partial charge in [0, 0.05) is 50.2 Å². The number of nitrogens with zero attached hydrogens (tertiary/aromatic N) is 3. The zero-order chi connectivity index (χ0) is 13.9. The molecule has 1 aromatic heterocycles. The first-order chi connectivity index (χ1) is 9.76. The van der Waals surface area contributed by atoms with Gasteiger partial charge in [-0.15, -0.1) is 0 Å². The molecule has 2 heterocycles. The van der Waals surface area contributed by atoms with Crippen LogP contribution >= 0.6 is 0 Å². The summed E-state index contributed by atoms with van der Waals surface area (Å²) in [7, 11) is 1.79. The average molecular weight is 276 g/mol. The van der Waals surface area contributed by atoms with Crippen LogP contribution in [0.15, 0.2) is 6.20 Å². The van der Waals surface area contributed by atoms with Gasteiger partial charge in [0.1, 0.15) is 0 Å². The number of hydrogen-bond acceptors (Lipinski definition) is 5. The molecule has 1 aromatic rings. The Labute approximate surface area is 120 Å². The van der Waals surface area contributed by atoms with E-state index in [1.54, 1.807) is 7.11 Å². The molecule has 1 aliphatic carbocycles. The minimum Gasteiger partial charge on any atom is -0.381 e. The van der Waals surface area contributed by atoms with Crippen molar-refractivity contribution < 1.29 is 4.74 Å². The third kappa shape index (κ3) is 3.27. The SMILES string of the molecule is COC1CCN(c2ncc(CNC3CC3)c(C)n2)CC1. The number of anilines is 1. The van der Waals surface area contributed by atoms with Crippen molar-refractivity contribution in [2.45, 2.75) is 51.3 Å². The van der Waals surface area contributed by atoms with E-state index in [2.05, 4.69) is 27.1 Å². The van der Waals surface area contributed by atoms with Crippen LogP contribution in [0.2, 0.25) is 0 Å². The Kier molecular flexibility index (Phi) is 4.17. The first-order valence-corrected chi connectivity index (χ1v) is 7.60. The normalized spacial score (nSPS) is 20.4. The van der Waals surface area contributed by atoms with Crippen molar-refractivity contribution in [3.63, 3.8) is 0 Å². The van der Waals surface area contributed by atoms with Crippen molar-refractivity contribution in [3.8, 4) is 0 Å². The molecule has 2 fully saturated rings. The van der Waals surface area contributed by atoms with Crippen molar-refractivity contribution in [3.05, 3.63) is 17.5 Å². The van der Waals surface area contributed by atoms with Gasteiger partial charge in [0.2, 0.25) is 5.95 Å². The lowest BCUT2D eigenvalue weighted by Crippen LogP contribution is -2.37. The van der Waals surface area contributed by atoms with E-state index in [0.29, 0.717) is 6.10 Å². The molecule has 2 aliphatic rings. The molecule has 1 aliphatic heterocycles. The Morgan fingerprint density at radius 3 is 2.65 bits per heavy atom. The van der Waals surface area contributed by atoms with Crippen molar-refractivity contribution >= 4 is 5.95 Å². The van der Waals surface area contributed by atoms with Crippen LogP contribution in [0.1, 0.15) is 36.9 Å². The molecule has 0 unspecified atom stereocenters. The van der Waals surface area contributed by atoms with E-state index in [4.69, 9.17) is 4.74 Å². The molecule has 0 aromatic carbocycles. The van der Waals surface area contributed by atoms with Crippen molar-refractivity contribution in [1.82, 2.24) is 15.3 Å². The van der Waals surface area contributed by atoms with Crippen LogP contribution in [0.3, 0.4) is 0 Å². The Hall–Kier alpha value is -1.20. The summed E-state index contributed by atoms with van der Waals surface area (Å²) in [6.07, 6.45) is 7.12. The summed E-state index contributed by atoms with van der Waals surface area (Å²) < 4.78 is 5.40. The largest absolute Gasteiger partial charge is 0.381 e. The Morgan fingerprint density at radius 1 is 1.30 bits per heavy atom. The number of hydrogen-bond donors (Lipinski definition) is 1. The van der Waals surface area contributed by atoms with Gasteiger partial charge >= 0.3 is 0 Å². The molecule has 0 spiro atoms. The van der Waals surface area contributed by atoms with E-state index in [1.165, 1.54) is 18.4 Å². The quantitative estimate of drug-likeness (QED) is 0.886. The highest BCUT2D eigenvalue weighted by atomic mass is 16.5. The lowest BCUT2D eigenvalue weighted by Gasteiger charge is -2.31. The summed E-state index contributed by atoms with van der Waals surface area (Å²) in [5.74, 6) is 0.868. The van der Waals surface area contributed by atoms with Crippen LogP contribution in [0.25, 0.3) is 0 Å². The molecule has 0 bridgehead atoms. The maximum Gasteiger partial charge on any atom is 0.225 e. The van der Waals surface area contributed by atoms with Gasteiger partial charge in [-0.1, -0.05) is 0 Å². The van der Waals surface area contributed by atoms with Crippen LogP contribution in [0.4, 0.5) is 5.95 Å². The molecule has 0 atom stereocenters. The van der Waals surface area contributed by atoms with Crippen molar-refractivity contribution in [2.24, 2.45) is 0 Å². The number of aryl methyl sites for hydroxylation is 1. The molecule has 20 heavy (non-hydrogen) atoms. The van der Waals surface area contributed by atoms with Crippen LogP contribution in [-0.2, 0) is 11.3 Å². The van der Waals surface area contributed by atoms with Crippen LogP contribution in [0.5, 0.6) is 0 Å². The fraction of sp³-hybridized carbons (Fsp3) is 0.733. The topological polar surface area (TPSA) is 50.3 Å². The van der Waals surface area contributed by atoms with E-state index in [9.17, 15) is 0 Å². The highest BCUT2D eigenvalue weighted by molar-refractivity contribution is 5.33. The lowest BCUT2D eigenvalue weighted by molar-refractivity contribution is 0.0816. The Morgan fingerprint density at radius 2 is 2.05 bits per heavy atom.